The number of carbonyl (C=O) groups is 1. The third kappa shape index (κ3) is 2.25. The lowest BCUT2D eigenvalue weighted by Crippen LogP contribution is -2.37. The lowest BCUT2D eigenvalue weighted by atomic mass is 10.1. The van der Waals surface area contributed by atoms with E-state index in [4.69, 9.17) is 0 Å². The summed E-state index contributed by atoms with van der Waals surface area (Å²) in [7, 11) is 0. The van der Waals surface area contributed by atoms with E-state index in [0.717, 1.165) is 24.3 Å². The molecule has 1 fully saturated rings. The average molecular weight is 212 g/mol. The van der Waals surface area contributed by atoms with Crippen molar-refractivity contribution in [3.8, 4) is 0 Å². The minimum Gasteiger partial charge on any atom is -0.347 e. The van der Waals surface area contributed by atoms with E-state index in [9.17, 15) is 4.79 Å². The molecule has 1 aliphatic rings. The van der Waals surface area contributed by atoms with Crippen LogP contribution in [0.25, 0.3) is 0 Å². The van der Waals surface area contributed by atoms with Gasteiger partial charge in [-0.2, -0.15) is 16.9 Å². The number of nitrogens with one attached hydrogen (secondary N) is 2. The van der Waals surface area contributed by atoms with E-state index in [0.29, 0.717) is 11.9 Å². The van der Waals surface area contributed by atoms with Crippen molar-refractivity contribution >= 4 is 17.7 Å². The Balaban J connectivity index is 1.87. The van der Waals surface area contributed by atoms with Gasteiger partial charge in [0.25, 0.3) is 5.91 Å². The molecule has 0 spiro atoms. The molecule has 2 N–H and O–H groups in total. The van der Waals surface area contributed by atoms with Gasteiger partial charge in [-0.25, -0.2) is 4.98 Å². The highest BCUT2D eigenvalue weighted by Crippen LogP contribution is 2.16. The molecule has 5 nitrogen and oxygen atoms in total. The average Bonchev–Trinajstić information content (AvgIpc) is 2.72. The van der Waals surface area contributed by atoms with Crippen molar-refractivity contribution in [1.29, 1.82) is 0 Å². The molecule has 0 unspecified atom stereocenters. The van der Waals surface area contributed by atoms with Crippen LogP contribution in [0.5, 0.6) is 0 Å². The first kappa shape index (κ1) is 9.51. The van der Waals surface area contributed by atoms with Crippen LogP contribution in [-0.2, 0) is 0 Å². The number of thioether (sulfide) groups is 1. The van der Waals surface area contributed by atoms with Gasteiger partial charge >= 0.3 is 0 Å². The van der Waals surface area contributed by atoms with Gasteiger partial charge in [-0.15, -0.1) is 0 Å². The highest BCUT2D eigenvalue weighted by molar-refractivity contribution is 7.99. The number of hydrogen-bond acceptors (Lipinski definition) is 4. The van der Waals surface area contributed by atoms with Crippen LogP contribution in [0.1, 0.15) is 23.5 Å². The van der Waals surface area contributed by atoms with E-state index in [1.165, 1.54) is 6.33 Å². The molecular weight excluding hydrogens is 200 g/mol. The first-order valence-electron chi connectivity index (χ1n) is 4.60. The number of carbonyl (C=O) groups excluding carboxylic acids is 1. The van der Waals surface area contributed by atoms with Gasteiger partial charge in [-0.05, 0) is 24.3 Å². The van der Waals surface area contributed by atoms with E-state index in [1.54, 1.807) is 0 Å². The fourth-order valence-corrected chi connectivity index (χ4v) is 2.52. The van der Waals surface area contributed by atoms with Crippen molar-refractivity contribution in [3.63, 3.8) is 0 Å². The second-order valence-electron chi connectivity index (χ2n) is 3.19. The zero-order chi connectivity index (χ0) is 9.80. The summed E-state index contributed by atoms with van der Waals surface area (Å²) in [6.07, 6.45) is 3.43. The van der Waals surface area contributed by atoms with E-state index in [-0.39, 0.29) is 5.91 Å². The van der Waals surface area contributed by atoms with Gasteiger partial charge in [0.05, 0.1) is 0 Å². The Kier molecular flexibility index (Phi) is 3.03. The Morgan fingerprint density at radius 3 is 3.00 bits per heavy atom. The SMILES string of the molecule is O=C(NC1CCSCC1)c1ncn[nH]1. The molecule has 0 aliphatic carbocycles. The second kappa shape index (κ2) is 4.45. The molecule has 1 saturated heterocycles. The zero-order valence-electron chi connectivity index (χ0n) is 7.69. The van der Waals surface area contributed by atoms with Crippen LogP contribution < -0.4 is 5.32 Å². The van der Waals surface area contributed by atoms with Crippen molar-refractivity contribution in [1.82, 2.24) is 20.5 Å². The van der Waals surface area contributed by atoms with Gasteiger partial charge in [0, 0.05) is 6.04 Å². The Labute approximate surface area is 86.1 Å². The standard InChI is InChI=1S/C8H12N4OS/c13-8(7-9-5-10-12-7)11-6-1-3-14-4-2-6/h5-6H,1-4H2,(H,11,13)(H,9,10,12). The highest BCUT2D eigenvalue weighted by atomic mass is 32.2. The molecule has 2 rings (SSSR count). The fourth-order valence-electron chi connectivity index (χ4n) is 1.41. The maximum atomic E-state index is 11.5. The van der Waals surface area contributed by atoms with E-state index < -0.39 is 0 Å². The largest absolute Gasteiger partial charge is 0.347 e. The number of H-pyrrole nitrogens is 1. The fraction of sp³-hybridized carbons (Fsp3) is 0.625. The summed E-state index contributed by atoms with van der Waals surface area (Å²) < 4.78 is 0. The zero-order valence-corrected chi connectivity index (χ0v) is 8.51. The molecule has 76 valence electrons. The molecule has 0 aromatic carbocycles. The summed E-state index contributed by atoms with van der Waals surface area (Å²) in [6.45, 7) is 0. The Morgan fingerprint density at radius 2 is 2.36 bits per heavy atom. The number of nitrogens with zero attached hydrogens (tertiary/aromatic N) is 2. The van der Waals surface area contributed by atoms with Crippen molar-refractivity contribution in [2.24, 2.45) is 0 Å². The van der Waals surface area contributed by atoms with E-state index >= 15 is 0 Å². The molecule has 1 aliphatic heterocycles. The first-order valence-corrected chi connectivity index (χ1v) is 5.75. The molecule has 0 saturated carbocycles. The van der Waals surface area contributed by atoms with Crippen LogP contribution in [0.15, 0.2) is 6.33 Å². The monoisotopic (exact) mass is 212 g/mol. The van der Waals surface area contributed by atoms with Crippen molar-refractivity contribution in [2.45, 2.75) is 18.9 Å². The van der Waals surface area contributed by atoms with Gasteiger partial charge in [-0.1, -0.05) is 0 Å². The minimum absolute atomic E-state index is 0.153. The molecule has 2 heterocycles. The van der Waals surface area contributed by atoms with Gasteiger partial charge in [0.1, 0.15) is 6.33 Å². The smallest absolute Gasteiger partial charge is 0.288 e. The Bertz CT molecular complexity index is 294. The molecule has 0 radical (unpaired) electrons. The van der Waals surface area contributed by atoms with Crippen LogP contribution in [0.4, 0.5) is 0 Å². The van der Waals surface area contributed by atoms with Crippen LogP contribution in [-0.4, -0.2) is 38.6 Å². The Hall–Kier alpha value is -1.04. The maximum absolute atomic E-state index is 11.5. The molecule has 6 heteroatoms. The molecule has 1 aromatic rings. The molecule has 0 bridgehead atoms. The Morgan fingerprint density at radius 1 is 1.57 bits per heavy atom. The number of rotatable bonds is 2. The van der Waals surface area contributed by atoms with Crippen molar-refractivity contribution in [3.05, 3.63) is 12.2 Å². The van der Waals surface area contributed by atoms with Gasteiger partial charge in [0.2, 0.25) is 5.82 Å². The number of aromatic nitrogens is 3. The van der Waals surface area contributed by atoms with Crippen LogP contribution in [0.2, 0.25) is 0 Å². The lowest BCUT2D eigenvalue weighted by Gasteiger charge is -2.21. The second-order valence-corrected chi connectivity index (χ2v) is 4.42. The third-order valence-corrected chi connectivity index (χ3v) is 3.24. The van der Waals surface area contributed by atoms with Crippen LogP contribution in [0.3, 0.4) is 0 Å². The number of hydrogen-bond donors (Lipinski definition) is 2. The summed E-state index contributed by atoms with van der Waals surface area (Å²) in [6, 6.07) is 0.300. The van der Waals surface area contributed by atoms with Gasteiger partial charge in [0.15, 0.2) is 0 Å². The predicted octanol–water partition coefficient (Wildman–Crippen LogP) is 0.430. The van der Waals surface area contributed by atoms with Crippen LogP contribution >= 0.6 is 11.8 Å². The van der Waals surface area contributed by atoms with Crippen molar-refractivity contribution < 1.29 is 4.79 Å². The maximum Gasteiger partial charge on any atom is 0.288 e. The van der Waals surface area contributed by atoms with E-state index in [2.05, 4.69) is 20.5 Å². The summed E-state index contributed by atoms with van der Waals surface area (Å²) in [5, 5.41) is 9.12. The summed E-state index contributed by atoms with van der Waals surface area (Å²) >= 11 is 1.94. The topological polar surface area (TPSA) is 70.7 Å². The minimum atomic E-state index is -0.153. The molecule has 1 amide bonds. The van der Waals surface area contributed by atoms with Gasteiger partial charge < -0.3 is 5.32 Å². The highest BCUT2D eigenvalue weighted by Gasteiger charge is 2.17. The molecule has 1 aromatic heterocycles. The van der Waals surface area contributed by atoms with Gasteiger partial charge in [-0.3, -0.25) is 9.89 Å². The summed E-state index contributed by atoms with van der Waals surface area (Å²) in [5.41, 5.74) is 0. The third-order valence-electron chi connectivity index (χ3n) is 2.19. The quantitative estimate of drug-likeness (QED) is 0.746. The first-order chi connectivity index (χ1) is 6.86. The normalized spacial score (nSPS) is 18.0. The number of aromatic amines is 1. The predicted molar refractivity (Wildman–Crippen MR) is 54.2 cm³/mol. The summed E-state index contributed by atoms with van der Waals surface area (Å²) in [4.78, 5) is 15.3. The molecule has 0 atom stereocenters. The lowest BCUT2D eigenvalue weighted by molar-refractivity contribution is 0.0924. The number of amides is 1. The van der Waals surface area contributed by atoms with Crippen LogP contribution in [0, 0.1) is 0 Å². The molecule has 14 heavy (non-hydrogen) atoms. The van der Waals surface area contributed by atoms with Crippen molar-refractivity contribution in [2.75, 3.05) is 11.5 Å². The van der Waals surface area contributed by atoms with E-state index in [1.807, 2.05) is 11.8 Å². The summed E-state index contributed by atoms with van der Waals surface area (Å²) in [5.74, 6) is 2.39. The molecular formula is C8H12N4OS.